The number of hydrogen-bond donors (Lipinski definition) is 1. The van der Waals surface area contributed by atoms with Gasteiger partial charge in [0.15, 0.2) is 5.82 Å². The van der Waals surface area contributed by atoms with E-state index in [2.05, 4.69) is 27.3 Å². The molecule has 1 saturated heterocycles. The van der Waals surface area contributed by atoms with Gasteiger partial charge in [-0.3, -0.25) is 4.79 Å². The predicted molar refractivity (Wildman–Crippen MR) is 111 cm³/mol. The molecule has 1 N–H and O–H groups in total. The van der Waals surface area contributed by atoms with E-state index < -0.39 is 10.0 Å². The van der Waals surface area contributed by atoms with Gasteiger partial charge in [-0.25, -0.2) is 23.1 Å². The van der Waals surface area contributed by atoms with Crippen LogP contribution in [-0.4, -0.2) is 51.5 Å². The summed E-state index contributed by atoms with van der Waals surface area (Å²) in [6.45, 7) is 3.18. The number of anilines is 1. The van der Waals surface area contributed by atoms with E-state index in [0.29, 0.717) is 36.1 Å². The Balaban J connectivity index is 1.51. The van der Waals surface area contributed by atoms with Crippen molar-refractivity contribution in [3.05, 3.63) is 60.8 Å². The zero-order valence-corrected chi connectivity index (χ0v) is 17.3. The number of carbonyl (C=O) groups excluding carboxylic acids is 1. The van der Waals surface area contributed by atoms with E-state index in [-0.39, 0.29) is 10.8 Å². The van der Waals surface area contributed by atoms with Crippen LogP contribution in [0.4, 0.5) is 5.69 Å². The molecule has 9 nitrogen and oxygen atoms in total. The molecule has 2 aromatic heterocycles. The van der Waals surface area contributed by atoms with Crippen LogP contribution in [0.25, 0.3) is 5.82 Å². The van der Waals surface area contributed by atoms with Crippen LogP contribution in [0.3, 0.4) is 0 Å². The normalized spacial score (nSPS) is 15.8. The maximum Gasteiger partial charge on any atom is 0.255 e. The van der Waals surface area contributed by atoms with Crippen molar-refractivity contribution in [2.24, 2.45) is 5.92 Å². The fourth-order valence-corrected chi connectivity index (χ4v) is 4.81. The molecular weight excluding hydrogens is 404 g/mol. The van der Waals surface area contributed by atoms with E-state index in [4.69, 9.17) is 0 Å². The minimum Gasteiger partial charge on any atom is -0.319 e. The third kappa shape index (κ3) is 4.10. The molecule has 10 heteroatoms. The van der Waals surface area contributed by atoms with Crippen LogP contribution >= 0.6 is 0 Å². The van der Waals surface area contributed by atoms with E-state index in [1.54, 1.807) is 18.3 Å². The topological polar surface area (TPSA) is 110 Å². The first-order valence-corrected chi connectivity index (χ1v) is 11.1. The zero-order chi connectivity index (χ0) is 21.1. The first-order chi connectivity index (χ1) is 14.4. The van der Waals surface area contributed by atoms with Gasteiger partial charge in [0.1, 0.15) is 12.7 Å². The Kier molecular flexibility index (Phi) is 5.60. The second-order valence-electron chi connectivity index (χ2n) is 7.28. The standard InChI is InChI=1S/C20H22N6O3S/c1-15-8-11-25(12-9-15)30(28,29)17-6-4-16(5-7-17)20(27)24-18-3-2-10-22-19(18)26-14-21-13-23-26/h2-7,10,13-15H,8-9,11-12H2,1H3,(H,24,27). The fourth-order valence-electron chi connectivity index (χ4n) is 3.34. The van der Waals surface area contributed by atoms with Crippen LogP contribution in [0.15, 0.2) is 60.1 Å². The Morgan fingerprint density at radius 2 is 1.87 bits per heavy atom. The van der Waals surface area contributed by atoms with Gasteiger partial charge in [0.2, 0.25) is 10.0 Å². The number of carbonyl (C=O) groups is 1. The molecule has 1 fully saturated rings. The van der Waals surface area contributed by atoms with Crippen LogP contribution in [0.2, 0.25) is 0 Å². The van der Waals surface area contributed by atoms with Gasteiger partial charge in [-0.2, -0.15) is 9.40 Å². The summed E-state index contributed by atoms with van der Waals surface area (Å²) in [5.41, 5.74) is 0.807. The quantitative estimate of drug-likeness (QED) is 0.671. The summed E-state index contributed by atoms with van der Waals surface area (Å²) < 4.78 is 28.7. The van der Waals surface area contributed by atoms with Gasteiger partial charge in [0, 0.05) is 24.8 Å². The molecule has 30 heavy (non-hydrogen) atoms. The molecule has 0 aliphatic carbocycles. The third-order valence-corrected chi connectivity index (χ3v) is 7.08. The number of rotatable bonds is 5. The van der Waals surface area contributed by atoms with E-state index in [1.165, 1.54) is 45.9 Å². The van der Waals surface area contributed by atoms with Crippen molar-refractivity contribution in [2.45, 2.75) is 24.7 Å². The van der Waals surface area contributed by atoms with Gasteiger partial charge in [0.05, 0.1) is 10.6 Å². The molecular formula is C20H22N6O3S. The molecule has 1 amide bonds. The Bertz CT molecular complexity index is 1120. The summed E-state index contributed by atoms with van der Waals surface area (Å²) in [6.07, 6.45) is 6.17. The molecule has 156 valence electrons. The van der Waals surface area contributed by atoms with Crippen LogP contribution in [0, 0.1) is 5.92 Å². The number of nitrogens with one attached hydrogen (secondary N) is 1. The second-order valence-corrected chi connectivity index (χ2v) is 9.22. The highest BCUT2D eigenvalue weighted by Gasteiger charge is 2.28. The fraction of sp³-hybridized carbons (Fsp3) is 0.300. The summed E-state index contributed by atoms with van der Waals surface area (Å²) in [4.78, 5) is 21.0. The van der Waals surface area contributed by atoms with Gasteiger partial charge in [0.25, 0.3) is 5.91 Å². The summed E-state index contributed by atoms with van der Waals surface area (Å²) in [5.74, 6) is 0.597. The maximum absolute atomic E-state index is 12.8. The number of pyridine rings is 1. The molecule has 1 aliphatic heterocycles. The van der Waals surface area contributed by atoms with Crippen molar-refractivity contribution in [1.29, 1.82) is 0 Å². The first-order valence-electron chi connectivity index (χ1n) is 9.67. The molecule has 3 aromatic rings. The van der Waals surface area contributed by atoms with Gasteiger partial charge >= 0.3 is 0 Å². The van der Waals surface area contributed by atoms with Crippen molar-refractivity contribution in [2.75, 3.05) is 18.4 Å². The van der Waals surface area contributed by atoms with Gasteiger partial charge < -0.3 is 5.32 Å². The van der Waals surface area contributed by atoms with E-state index in [1.807, 2.05) is 0 Å². The average Bonchev–Trinajstić information content (AvgIpc) is 3.29. The molecule has 0 spiro atoms. The highest BCUT2D eigenvalue weighted by atomic mass is 32.2. The number of benzene rings is 1. The maximum atomic E-state index is 12.8. The number of piperidine rings is 1. The first kappa shape index (κ1) is 20.2. The summed E-state index contributed by atoms with van der Waals surface area (Å²) >= 11 is 0. The Hall–Kier alpha value is -3.11. The monoisotopic (exact) mass is 426 g/mol. The average molecular weight is 427 g/mol. The molecule has 1 aromatic carbocycles. The van der Waals surface area contributed by atoms with E-state index >= 15 is 0 Å². The van der Waals surface area contributed by atoms with Crippen LogP contribution in [-0.2, 0) is 10.0 Å². The highest BCUT2D eigenvalue weighted by molar-refractivity contribution is 7.89. The lowest BCUT2D eigenvalue weighted by Crippen LogP contribution is -2.37. The van der Waals surface area contributed by atoms with Gasteiger partial charge in [-0.05, 0) is 55.2 Å². The molecule has 3 heterocycles. The molecule has 0 radical (unpaired) electrons. The summed E-state index contributed by atoms with van der Waals surface area (Å²) in [5, 5.41) is 6.83. The molecule has 1 aliphatic rings. The molecule has 0 atom stereocenters. The van der Waals surface area contributed by atoms with Crippen LogP contribution in [0.5, 0.6) is 0 Å². The lowest BCUT2D eigenvalue weighted by Gasteiger charge is -2.29. The van der Waals surface area contributed by atoms with Crippen molar-refractivity contribution in [3.8, 4) is 5.82 Å². The van der Waals surface area contributed by atoms with E-state index in [9.17, 15) is 13.2 Å². The van der Waals surface area contributed by atoms with Crippen molar-refractivity contribution in [3.63, 3.8) is 0 Å². The Morgan fingerprint density at radius 1 is 1.13 bits per heavy atom. The summed E-state index contributed by atoms with van der Waals surface area (Å²) in [6, 6.07) is 9.39. The van der Waals surface area contributed by atoms with Crippen molar-refractivity contribution in [1.82, 2.24) is 24.1 Å². The van der Waals surface area contributed by atoms with Crippen LogP contribution in [0.1, 0.15) is 30.1 Å². The number of nitrogens with zero attached hydrogens (tertiary/aromatic N) is 5. The Labute approximate surface area is 174 Å². The third-order valence-electron chi connectivity index (χ3n) is 5.17. The lowest BCUT2D eigenvalue weighted by molar-refractivity contribution is 0.102. The number of hydrogen-bond acceptors (Lipinski definition) is 6. The van der Waals surface area contributed by atoms with Gasteiger partial charge in [-0.15, -0.1) is 0 Å². The lowest BCUT2D eigenvalue weighted by atomic mass is 10.0. The predicted octanol–water partition coefficient (Wildman–Crippen LogP) is 2.34. The zero-order valence-electron chi connectivity index (χ0n) is 16.5. The van der Waals surface area contributed by atoms with Gasteiger partial charge in [-0.1, -0.05) is 6.92 Å². The van der Waals surface area contributed by atoms with Crippen molar-refractivity contribution < 1.29 is 13.2 Å². The second kappa shape index (κ2) is 8.33. The molecule has 0 unspecified atom stereocenters. The smallest absolute Gasteiger partial charge is 0.255 e. The van der Waals surface area contributed by atoms with Crippen molar-refractivity contribution >= 4 is 21.6 Å². The Morgan fingerprint density at radius 3 is 2.53 bits per heavy atom. The number of aromatic nitrogens is 4. The molecule has 4 rings (SSSR count). The molecule has 0 bridgehead atoms. The van der Waals surface area contributed by atoms with E-state index in [0.717, 1.165) is 12.8 Å². The minimum atomic E-state index is -3.55. The summed E-state index contributed by atoms with van der Waals surface area (Å²) in [7, 11) is -3.55. The minimum absolute atomic E-state index is 0.193. The SMILES string of the molecule is CC1CCN(S(=O)(=O)c2ccc(C(=O)Nc3cccnc3-n3cncn3)cc2)CC1. The van der Waals surface area contributed by atoms with Crippen LogP contribution < -0.4 is 5.32 Å². The number of amides is 1. The number of sulfonamides is 1. The highest BCUT2D eigenvalue weighted by Crippen LogP contribution is 2.24. The molecule has 0 saturated carbocycles. The largest absolute Gasteiger partial charge is 0.319 e.